The number of hydrazine groups is 1. The number of hydrogen-bond donors (Lipinski definition) is 2. The highest BCUT2D eigenvalue weighted by atomic mass is 35.5. The lowest BCUT2D eigenvalue weighted by atomic mass is 10.0. The maximum Gasteiger partial charge on any atom is 0.261 e. The van der Waals surface area contributed by atoms with E-state index in [1.165, 1.54) is 0 Å². The van der Waals surface area contributed by atoms with Gasteiger partial charge in [-0.15, -0.1) is 0 Å². The van der Waals surface area contributed by atoms with Gasteiger partial charge in [-0.1, -0.05) is 29.3 Å². The number of rotatable bonds is 8. The smallest absolute Gasteiger partial charge is 0.261 e. The molecular formula is C12H16Cl2F2N2O. The molecule has 0 saturated heterocycles. The first-order chi connectivity index (χ1) is 9.02. The fourth-order valence-corrected chi connectivity index (χ4v) is 1.91. The first kappa shape index (κ1) is 16.6. The van der Waals surface area contributed by atoms with Crippen molar-refractivity contribution >= 4 is 23.2 Å². The summed E-state index contributed by atoms with van der Waals surface area (Å²) in [7, 11) is 0. The quantitative estimate of drug-likeness (QED) is 0.440. The van der Waals surface area contributed by atoms with E-state index >= 15 is 0 Å². The summed E-state index contributed by atoms with van der Waals surface area (Å²) in [6.45, 7) is -0.329. The molecule has 1 unspecified atom stereocenters. The number of halogens is 4. The third-order valence-corrected chi connectivity index (χ3v) is 3.30. The third kappa shape index (κ3) is 6.49. The normalized spacial score (nSPS) is 12.9. The second-order valence-electron chi connectivity index (χ2n) is 4.07. The molecule has 0 bridgehead atoms. The molecule has 3 N–H and O–H groups in total. The Bertz CT molecular complexity index is 394. The zero-order chi connectivity index (χ0) is 14.3. The Morgan fingerprint density at radius 1 is 1.26 bits per heavy atom. The van der Waals surface area contributed by atoms with E-state index in [-0.39, 0.29) is 12.6 Å². The van der Waals surface area contributed by atoms with Crippen LogP contribution < -0.4 is 11.3 Å². The minimum Gasteiger partial charge on any atom is -0.375 e. The van der Waals surface area contributed by atoms with Gasteiger partial charge >= 0.3 is 0 Å². The zero-order valence-electron chi connectivity index (χ0n) is 10.2. The van der Waals surface area contributed by atoms with Crippen molar-refractivity contribution in [1.29, 1.82) is 0 Å². The molecule has 0 amide bonds. The van der Waals surface area contributed by atoms with E-state index < -0.39 is 13.0 Å². The molecule has 0 radical (unpaired) electrons. The SMILES string of the molecule is NNC(CCOCC(F)F)Cc1ccc(Cl)c(Cl)c1. The van der Waals surface area contributed by atoms with Crippen LogP contribution in [0, 0.1) is 0 Å². The van der Waals surface area contributed by atoms with Crippen molar-refractivity contribution in [3.63, 3.8) is 0 Å². The minimum atomic E-state index is -2.45. The van der Waals surface area contributed by atoms with Crippen LogP contribution in [0.2, 0.25) is 10.0 Å². The van der Waals surface area contributed by atoms with E-state index in [1.807, 2.05) is 6.07 Å². The highest BCUT2D eigenvalue weighted by Gasteiger charge is 2.10. The average molecular weight is 313 g/mol. The van der Waals surface area contributed by atoms with Crippen molar-refractivity contribution in [1.82, 2.24) is 5.43 Å². The van der Waals surface area contributed by atoms with Crippen molar-refractivity contribution < 1.29 is 13.5 Å². The fourth-order valence-electron chi connectivity index (χ4n) is 1.59. The van der Waals surface area contributed by atoms with Crippen LogP contribution in [-0.2, 0) is 11.2 Å². The lowest BCUT2D eigenvalue weighted by molar-refractivity contribution is 0.0144. The molecule has 0 heterocycles. The van der Waals surface area contributed by atoms with Gasteiger partial charge in [-0.2, -0.15) is 0 Å². The summed E-state index contributed by atoms with van der Waals surface area (Å²) in [4.78, 5) is 0. The molecule has 108 valence electrons. The van der Waals surface area contributed by atoms with Crippen molar-refractivity contribution in [3.8, 4) is 0 Å². The number of nitrogens with two attached hydrogens (primary N) is 1. The Morgan fingerprint density at radius 3 is 2.58 bits per heavy atom. The summed E-state index contributed by atoms with van der Waals surface area (Å²) >= 11 is 11.7. The zero-order valence-corrected chi connectivity index (χ0v) is 11.7. The van der Waals surface area contributed by atoms with Gasteiger partial charge in [0.1, 0.15) is 6.61 Å². The fraction of sp³-hybridized carbons (Fsp3) is 0.500. The van der Waals surface area contributed by atoms with E-state index in [9.17, 15) is 8.78 Å². The molecule has 0 spiro atoms. The molecule has 0 aliphatic heterocycles. The summed E-state index contributed by atoms with van der Waals surface area (Å²) in [5.41, 5.74) is 3.59. The molecule has 1 atom stereocenters. The largest absolute Gasteiger partial charge is 0.375 e. The lowest BCUT2D eigenvalue weighted by Gasteiger charge is -2.16. The minimum absolute atomic E-state index is 0.0742. The van der Waals surface area contributed by atoms with Crippen LogP contribution in [0.15, 0.2) is 18.2 Å². The number of benzene rings is 1. The summed E-state index contributed by atoms with van der Waals surface area (Å²) < 4.78 is 28.6. The van der Waals surface area contributed by atoms with Crippen LogP contribution in [0.25, 0.3) is 0 Å². The van der Waals surface area contributed by atoms with Crippen LogP contribution in [0.1, 0.15) is 12.0 Å². The molecule has 0 aliphatic carbocycles. The number of hydrogen-bond acceptors (Lipinski definition) is 3. The van der Waals surface area contributed by atoms with Gasteiger partial charge in [-0.3, -0.25) is 11.3 Å². The number of ether oxygens (including phenoxy) is 1. The summed E-state index contributed by atoms with van der Waals surface area (Å²) in [5, 5.41) is 0.965. The molecular weight excluding hydrogens is 297 g/mol. The molecule has 3 nitrogen and oxygen atoms in total. The Kier molecular flexibility index (Phi) is 7.56. The van der Waals surface area contributed by atoms with Crippen molar-refractivity contribution in [3.05, 3.63) is 33.8 Å². The molecule has 0 fully saturated rings. The van der Waals surface area contributed by atoms with Gasteiger partial charge in [-0.05, 0) is 30.5 Å². The molecule has 0 aliphatic rings. The van der Waals surface area contributed by atoms with Crippen molar-refractivity contribution in [2.24, 2.45) is 5.84 Å². The Morgan fingerprint density at radius 2 is 2.00 bits per heavy atom. The highest BCUT2D eigenvalue weighted by molar-refractivity contribution is 6.42. The van der Waals surface area contributed by atoms with Crippen LogP contribution >= 0.6 is 23.2 Å². The Labute approximate surface area is 121 Å². The number of alkyl halides is 2. The second kappa shape index (κ2) is 8.66. The van der Waals surface area contributed by atoms with E-state index in [0.29, 0.717) is 22.9 Å². The predicted molar refractivity (Wildman–Crippen MR) is 72.7 cm³/mol. The summed E-state index contributed by atoms with van der Waals surface area (Å²) in [6, 6.07) is 5.24. The Hall–Kier alpha value is -0.460. The van der Waals surface area contributed by atoms with Gasteiger partial charge in [0.15, 0.2) is 0 Å². The molecule has 1 rings (SSSR count). The van der Waals surface area contributed by atoms with Crippen molar-refractivity contribution in [2.45, 2.75) is 25.3 Å². The lowest BCUT2D eigenvalue weighted by Crippen LogP contribution is -2.37. The molecule has 19 heavy (non-hydrogen) atoms. The van der Waals surface area contributed by atoms with Gasteiger partial charge in [0, 0.05) is 12.6 Å². The number of nitrogens with one attached hydrogen (secondary N) is 1. The first-order valence-electron chi connectivity index (χ1n) is 5.79. The van der Waals surface area contributed by atoms with Crippen LogP contribution in [-0.4, -0.2) is 25.7 Å². The third-order valence-electron chi connectivity index (χ3n) is 2.56. The van der Waals surface area contributed by atoms with Crippen LogP contribution in [0.3, 0.4) is 0 Å². The summed E-state index contributed by atoms with van der Waals surface area (Å²) in [6.07, 6.45) is -1.30. The predicted octanol–water partition coefficient (Wildman–Crippen LogP) is 3.04. The van der Waals surface area contributed by atoms with Crippen LogP contribution in [0.4, 0.5) is 8.78 Å². The van der Waals surface area contributed by atoms with E-state index in [2.05, 4.69) is 5.43 Å². The highest BCUT2D eigenvalue weighted by Crippen LogP contribution is 2.23. The molecule has 0 aromatic heterocycles. The van der Waals surface area contributed by atoms with E-state index in [4.69, 9.17) is 33.8 Å². The maximum atomic E-state index is 11.9. The van der Waals surface area contributed by atoms with Gasteiger partial charge in [0.2, 0.25) is 0 Å². The molecule has 7 heteroatoms. The molecule has 0 saturated carbocycles. The monoisotopic (exact) mass is 312 g/mol. The molecule has 1 aromatic rings. The van der Waals surface area contributed by atoms with E-state index in [0.717, 1.165) is 5.56 Å². The average Bonchev–Trinajstić information content (AvgIpc) is 2.37. The van der Waals surface area contributed by atoms with Crippen LogP contribution in [0.5, 0.6) is 0 Å². The molecule has 1 aromatic carbocycles. The van der Waals surface area contributed by atoms with Gasteiger partial charge in [-0.25, -0.2) is 8.78 Å². The maximum absolute atomic E-state index is 11.9. The first-order valence-corrected chi connectivity index (χ1v) is 6.54. The summed E-state index contributed by atoms with van der Waals surface area (Å²) in [5.74, 6) is 5.42. The van der Waals surface area contributed by atoms with Gasteiger partial charge < -0.3 is 4.74 Å². The van der Waals surface area contributed by atoms with Crippen molar-refractivity contribution in [2.75, 3.05) is 13.2 Å². The topological polar surface area (TPSA) is 47.3 Å². The Balaban J connectivity index is 2.40. The van der Waals surface area contributed by atoms with Gasteiger partial charge in [0.05, 0.1) is 10.0 Å². The van der Waals surface area contributed by atoms with E-state index in [1.54, 1.807) is 12.1 Å². The van der Waals surface area contributed by atoms with Gasteiger partial charge in [0.25, 0.3) is 6.43 Å². The standard InChI is InChI=1S/C12H16Cl2F2N2O/c13-10-2-1-8(6-11(10)14)5-9(18-17)3-4-19-7-12(15)16/h1-2,6,9,12,18H,3-5,7,17H2. The second-order valence-corrected chi connectivity index (χ2v) is 4.89.